The van der Waals surface area contributed by atoms with Gasteiger partial charge in [0.15, 0.2) is 0 Å². The normalized spacial score (nSPS) is 10.2. The van der Waals surface area contributed by atoms with Gasteiger partial charge in [0.05, 0.1) is 16.2 Å². The third-order valence-corrected chi connectivity index (χ3v) is 3.40. The highest BCUT2D eigenvalue weighted by Gasteiger charge is 2.19. The fourth-order valence-electron chi connectivity index (χ4n) is 2.20. The Hall–Kier alpha value is -3.22. The Balaban J connectivity index is 2.39. The Labute approximate surface area is 131 Å². The van der Waals surface area contributed by atoms with Crippen molar-refractivity contribution in [3.05, 3.63) is 68.8 Å². The topological polar surface area (TPSA) is 110 Å². The molecule has 23 heavy (non-hydrogen) atoms. The quantitative estimate of drug-likeness (QED) is 0.665. The second-order valence-corrected chi connectivity index (χ2v) is 5.02. The summed E-state index contributed by atoms with van der Waals surface area (Å²) in [6, 6.07) is 8.77. The van der Waals surface area contributed by atoms with E-state index in [9.17, 15) is 24.8 Å². The molecule has 2 aromatic carbocycles. The number of nitro benzene ring substituents is 1. The van der Waals surface area contributed by atoms with Crippen molar-refractivity contribution in [3.63, 3.8) is 0 Å². The molecule has 0 aromatic heterocycles. The van der Waals surface area contributed by atoms with Crippen LogP contribution in [-0.2, 0) is 0 Å². The van der Waals surface area contributed by atoms with E-state index in [0.717, 1.165) is 5.56 Å². The van der Waals surface area contributed by atoms with Gasteiger partial charge in [-0.3, -0.25) is 14.9 Å². The number of carbonyl (C=O) groups excluding carboxylic acids is 1. The number of carboxylic acid groups (broad SMARTS) is 1. The van der Waals surface area contributed by atoms with Gasteiger partial charge in [0.2, 0.25) is 0 Å². The minimum absolute atomic E-state index is 0.0403. The second-order valence-electron chi connectivity index (χ2n) is 5.02. The maximum Gasteiger partial charge on any atom is 0.337 e. The van der Waals surface area contributed by atoms with Crippen molar-refractivity contribution in [2.75, 3.05) is 5.32 Å². The van der Waals surface area contributed by atoms with Crippen molar-refractivity contribution in [1.29, 1.82) is 0 Å². The van der Waals surface area contributed by atoms with Crippen molar-refractivity contribution in [2.45, 2.75) is 13.8 Å². The minimum Gasteiger partial charge on any atom is -0.478 e. The summed E-state index contributed by atoms with van der Waals surface area (Å²) in [5, 5.41) is 22.6. The van der Waals surface area contributed by atoms with Crippen LogP contribution >= 0.6 is 0 Å². The molecular formula is C16H14N2O5. The van der Waals surface area contributed by atoms with Crippen LogP contribution in [0, 0.1) is 24.0 Å². The summed E-state index contributed by atoms with van der Waals surface area (Å²) in [6.45, 7) is 3.21. The number of nitrogens with one attached hydrogen (secondary N) is 1. The predicted molar refractivity (Wildman–Crippen MR) is 83.9 cm³/mol. The highest BCUT2D eigenvalue weighted by atomic mass is 16.6. The van der Waals surface area contributed by atoms with Crippen LogP contribution in [0.3, 0.4) is 0 Å². The molecule has 2 N–H and O–H groups in total. The van der Waals surface area contributed by atoms with E-state index in [1.807, 2.05) is 0 Å². The van der Waals surface area contributed by atoms with Gasteiger partial charge in [-0.1, -0.05) is 17.7 Å². The van der Waals surface area contributed by atoms with Crippen LogP contribution < -0.4 is 5.32 Å². The van der Waals surface area contributed by atoms with Gasteiger partial charge in [-0.2, -0.15) is 0 Å². The Kier molecular flexibility index (Phi) is 4.40. The first-order valence-corrected chi connectivity index (χ1v) is 6.70. The summed E-state index contributed by atoms with van der Waals surface area (Å²) in [5.74, 6) is -1.77. The summed E-state index contributed by atoms with van der Waals surface area (Å²) in [4.78, 5) is 34.0. The van der Waals surface area contributed by atoms with Gasteiger partial charge >= 0.3 is 5.97 Å². The van der Waals surface area contributed by atoms with E-state index in [0.29, 0.717) is 0 Å². The standard InChI is InChI=1S/C16H14N2O5/c1-9-6-7-13(12(8-9)16(20)21)17-15(19)11-4-3-5-14(10(11)2)18(22)23/h3-8H,1-2H3,(H,17,19)(H,20,21). The Morgan fingerprint density at radius 3 is 2.43 bits per heavy atom. The molecule has 0 bridgehead atoms. The first-order valence-electron chi connectivity index (χ1n) is 6.70. The van der Waals surface area contributed by atoms with Crippen molar-refractivity contribution in [2.24, 2.45) is 0 Å². The third-order valence-electron chi connectivity index (χ3n) is 3.40. The fraction of sp³-hybridized carbons (Fsp3) is 0.125. The smallest absolute Gasteiger partial charge is 0.337 e. The number of rotatable bonds is 4. The molecule has 0 spiro atoms. The number of nitrogens with zero attached hydrogens (tertiary/aromatic N) is 1. The van der Waals surface area contributed by atoms with E-state index in [2.05, 4.69) is 5.32 Å². The first kappa shape index (κ1) is 16.2. The van der Waals surface area contributed by atoms with Gasteiger partial charge < -0.3 is 10.4 Å². The van der Waals surface area contributed by atoms with Crippen molar-refractivity contribution >= 4 is 23.3 Å². The number of carbonyl (C=O) groups is 2. The summed E-state index contributed by atoms with van der Waals surface area (Å²) >= 11 is 0. The van der Waals surface area contributed by atoms with Crippen LogP contribution in [0.2, 0.25) is 0 Å². The average molecular weight is 314 g/mol. The molecule has 0 heterocycles. The van der Waals surface area contributed by atoms with Crippen LogP contribution in [-0.4, -0.2) is 21.9 Å². The summed E-state index contributed by atoms with van der Waals surface area (Å²) in [7, 11) is 0. The molecule has 0 fully saturated rings. The summed E-state index contributed by atoms with van der Waals surface area (Å²) in [5.41, 5.74) is 1.02. The van der Waals surface area contributed by atoms with E-state index >= 15 is 0 Å². The first-order chi connectivity index (χ1) is 10.8. The molecule has 7 nitrogen and oxygen atoms in total. The van der Waals surface area contributed by atoms with Gasteiger partial charge in [0.1, 0.15) is 0 Å². The maximum absolute atomic E-state index is 12.3. The molecule has 0 saturated heterocycles. The Morgan fingerprint density at radius 2 is 1.83 bits per heavy atom. The fourth-order valence-corrected chi connectivity index (χ4v) is 2.20. The van der Waals surface area contributed by atoms with E-state index in [-0.39, 0.29) is 28.1 Å². The largest absolute Gasteiger partial charge is 0.478 e. The number of hydrogen-bond donors (Lipinski definition) is 2. The van der Waals surface area contributed by atoms with Gasteiger partial charge in [0.25, 0.3) is 11.6 Å². The highest BCUT2D eigenvalue weighted by Crippen LogP contribution is 2.23. The molecule has 118 valence electrons. The summed E-state index contributed by atoms with van der Waals surface area (Å²) < 4.78 is 0. The molecule has 2 aromatic rings. The van der Waals surface area contributed by atoms with Crippen molar-refractivity contribution in [1.82, 2.24) is 0 Å². The number of aromatic carboxylic acids is 1. The number of nitro groups is 1. The average Bonchev–Trinajstić information content (AvgIpc) is 2.48. The van der Waals surface area contributed by atoms with E-state index in [1.54, 1.807) is 13.0 Å². The molecule has 1 amide bonds. The zero-order chi connectivity index (χ0) is 17.1. The van der Waals surface area contributed by atoms with Crippen molar-refractivity contribution in [3.8, 4) is 0 Å². The van der Waals surface area contributed by atoms with Gasteiger partial charge in [-0.05, 0) is 32.0 Å². The molecule has 0 aliphatic rings. The van der Waals surface area contributed by atoms with Crippen LogP contribution in [0.25, 0.3) is 0 Å². The SMILES string of the molecule is Cc1ccc(NC(=O)c2cccc([N+](=O)[O-])c2C)c(C(=O)O)c1. The lowest BCUT2D eigenvalue weighted by atomic mass is 10.1. The van der Waals surface area contributed by atoms with E-state index in [1.165, 1.54) is 37.3 Å². The van der Waals surface area contributed by atoms with Crippen LogP contribution in [0.5, 0.6) is 0 Å². The molecular weight excluding hydrogens is 300 g/mol. The molecule has 0 atom stereocenters. The minimum atomic E-state index is -1.17. The van der Waals surface area contributed by atoms with Gasteiger partial charge in [0, 0.05) is 17.2 Å². The number of hydrogen-bond acceptors (Lipinski definition) is 4. The zero-order valence-corrected chi connectivity index (χ0v) is 12.5. The lowest BCUT2D eigenvalue weighted by Crippen LogP contribution is -2.16. The highest BCUT2D eigenvalue weighted by molar-refractivity contribution is 6.08. The van der Waals surface area contributed by atoms with Gasteiger partial charge in [-0.15, -0.1) is 0 Å². The summed E-state index contributed by atoms with van der Waals surface area (Å²) in [6.07, 6.45) is 0. The monoisotopic (exact) mass is 314 g/mol. The van der Waals surface area contributed by atoms with Crippen molar-refractivity contribution < 1.29 is 19.6 Å². The molecule has 0 radical (unpaired) electrons. The number of benzene rings is 2. The van der Waals surface area contributed by atoms with E-state index in [4.69, 9.17) is 0 Å². The molecule has 0 saturated carbocycles. The maximum atomic E-state index is 12.3. The molecule has 0 aliphatic carbocycles. The van der Waals surface area contributed by atoms with Gasteiger partial charge in [-0.25, -0.2) is 4.79 Å². The van der Waals surface area contributed by atoms with Crippen LogP contribution in [0.15, 0.2) is 36.4 Å². The predicted octanol–water partition coefficient (Wildman–Crippen LogP) is 3.16. The van der Waals surface area contributed by atoms with Crippen LogP contribution in [0.1, 0.15) is 31.8 Å². The number of aryl methyl sites for hydroxylation is 1. The Bertz CT molecular complexity index is 814. The molecule has 2 rings (SSSR count). The third kappa shape index (κ3) is 3.34. The lowest BCUT2D eigenvalue weighted by Gasteiger charge is -2.11. The Morgan fingerprint density at radius 1 is 1.13 bits per heavy atom. The number of amides is 1. The molecule has 7 heteroatoms. The zero-order valence-electron chi connectivity index (χ0n) is 12.5. The van der Waals surface area contributed by atoms with Crippen LogP contribution in [0.4, 0.5) is 11.4 Å². The lowest BCUT2D eigenvalue weighted by molar-refractivity contribution is -0.385. The second kappa shape index (κ2) is 6.27. The molecule has 0 aliphatic heterocycles. The number of anilines is 1. The van der Waals surface area contributed by atoms with E-state index < -0.39 is 16.8 Å². The number of carboxylic acids is 1. The molecule has 0 unspecified atom stereocenters.